The number of hydrogen-bond acceptors (Lipinski definition) is 6. The Morgan fingerprint density at radius 1 is 1.14 bits per heavy atom. The first kappa shape index (κ1) is 20.5. The molecule has 0 fully saturated rings. The van der Waals surface area contributed by atoms with E-state index in [1.165, 1.54) is 0 Å². The molecule has 7 nitrogen and oxygen atoms in total. The number of rotatable bonds is 15. The normalized spacial score (nSPS) is 15.3. The van der Waals surface area contributed by atoms with Crippen LogP contribution in [0.1, 0.15) is 77.1 Å². The van der Waals surface area contributed by atoms with E-state index in [0.29, 0.717) is 52.1 Å². The molecule has 1 heterocycles. The first-order chi connectivity index (χ1) is 19.5. The number of unbranched alkanes of at least 4 members (excludes halogenated alkanes) is 1. The van der Waals surface area contributed by atoms with E-state index in [4.69, 9.17) is 18.7 Å². The fourth-order valence-corrected chi connectivity index (χ4v) is 4.17. The van der Waals surface area contributed by atoms with Crippen LogP contribution in [0.15, 0.2) is 46.9 Å². The van der Waals surface area contributed by atoms with Gasteiger partial charge in [-0.2, -0.15) is 0 Å². The third kappa shape index (κ3) is 8.54. The third-order valence-electron chi connectivity index (χ3n) is 5.23. The van der Waals surface area contributed by atoms with Gasteiger partial charge in [0.1, 0.15) is 17.1 Å². The van der Waals surface area contributed by atoms with Crippen LogP contribution in [0.5, 0.6) is 5.75 Å². The maximum atomic E-state index is 13.6. The maximum absolute atomic E-state index is 13.6. The standard InChI is InChI=1S/C27H36N2O5S.ClH/c1-4-6-9-25-26(23-19-21(29-35(3,31)32)12-15-24(23)34-25)27(30)20-10-13-22(14-11-20)33-18-8-17-28-16-7-5-2;/h10-15,19,28-29H,4-9,16-18H2,1-3H3;1H/i2D3,5D2,7D2;. The lowest BCUT2D eigenvalue weighted by Gasteiger charge is -2.08. The summed E-state index contributed by atoms with van der Waals surface area (Å²) in [6.45, 7) is -0.999. The Balaban J connectivity index is 0.00000645. The maximum Gasteiger partial charge on any atom is 0.229 e. The number of fused-ring (bicyclic) bond motifs is 1. The highest BCUT2D eigenvalue weighted by molar-refractivity contribution is 7.92. The molecular formula is C27H37ClN2O5S. The molecule has 0 saturated heterocycles. The summed E-state index contributed by atoms with van der Waals surface area (Å²) in [4.78, 5) is 13.6. The molecule has 0 atom stereocenters. The smallest absolute Gasteiger partial charge is 0.229 e. The second kappa shape index (κ2) is 14.3. The number of ether oxygens (including phenoxy) is 1. The van der Waals surface area contributed by atoms with E-state index in [1.54, 1.807) is 42.5 Å². The summed E-state index contributed by atoms with van der Waals surface area (Å²) in [5.41, 5.74) is 1.60. The molecule has 0 spiro atoms. The van der Waals surface area contributed by atoms with Gasteiger partial charge in [0.05, 0.1) is 18.4 Å². The molecule has 0 radical (unpaired) electrons. The highest BCUT2D eigenvalue weighted by Crippen LogP contribution is 2.32. The molecule has 0 aliphatic carbocycles. The summed E-state index contributed by atoms with van der Waals surface area (Å²) in [5, 5.41) is 3.26. The number of carbonyl (C=O) groups excluding carboxylic acids is 1. The Labute approximate surface area is 230 Å². The Hall–Kier alpha value is -2.55. The predicted octanol–water partition coefficient (Wildman–Crippen LogP) is 5.96. The molecule has 1 aromatic heterocycles. The quantitative estimate of drug-likeness (QED) is 0.181. The molecule has 0 saturated carbocycles. The first-order valence-electron chi connectivity index (χ1n) is 15.0. The second-order valence-corrected chi connectivity index (χ2v) is 9.87. The van der Waals surface area contributed by atoms with E-state index in [-0.39, 0.29) is 31.3 Å². The van der Waals surface area contributed by atoms with Crippen LogP contribution in [0.25, 0.3) is 11.0 Å². The Morgan fingerprint density at radius 2 is 1.92 bits per heavy atom. The zero-order valence-corrected chi connectivity index (χ0v) is 22.0. The van der Waals surface area contributed by atoms with E-state index in [0.717, 1.165) is 19.1 Å². The number of ketones is 1. The van der Waals surface area contributed by atoms with Crippen molar-refractivity contribution in [1.82, 2.24) is 5.32 Å². The average molecular weight is 544 g/mol. The molecule has 3 rings (SSSR count). The summed E-state index contributed by atoms with van der Waals surface area (Å²) in [7, 11) is -3.51. The number of aryl methyl sites for hydroxylation is 1. The molecule has 0 amide bonds. The number of halogens is 1. The van der Waals surface area contributed by atoms with Crippen molar-refractivity contribution in [2.75, 3.05) is 30.7 Å². The van der Waals surface area contributed by atoms with Crippen LogP contribution in [0.2, 0.25) is 0 Å². The third-order valence-corrected chi connectivity index (χ3v) is 5.84. The van der Waals surface area contributed by atoms with Crippen LogP contribution >= 0.6 is 12.4 Å². The second-order valence-electron chi connectivity index (χ2n) is 8.12. The van der Waals surface area contributed by atoms with Crippen molar-refractivity contribution in [3.63, 3.8) is 0 Å². The van der Waals surface area contributed by atoms with Gasteiger partial charge >= 0.3 is 0 Å². The van der Waals surface area contributed by atoms with Gasteiger partial charge in [-0.3, -0.25) is 9.52 Å². The lowest BCUT2D eigenvalue weighted by atomic mass is 9.98. The van der Waals surface area contributed by atoms with Crippen molar-refractivity contribution in [1.29, 1.82) is 0 Å². The van der Waals surface area contributed by atoms with Gasteiger partial charge in [0, 0.05) is 32.7 Å². The Kier molecular flexibility index (Phi) is 8.12. The minimum absolute atomic E-state index is 0. The predicted molar refractivity (Wildman–Crippen MR) is 148 cm³/mol. The summed E-state index contributed by atoms with van der Waals surface area (Å²) >= 11 is 0. The topological polar surface area (TPSA) is 97.6 Å². The Morgan fingerprint density at radius 3 is 2.61 bits per heavy atom. The lowest BCUT2D eigenvalue weighted by molar-refractivity contribution is 0.103. The van der Waals surface area contributed by atoms with Crippen LogP contribution in [0, 0.1) is 0 Å². The molecule has 9 heteroatoms. The monoisotopic (exact) mass is 543 g/mol. The number of carbonyl (C=O) groups is 1. The van der Waals surface area contributed by atoms with Gasteiger partial charge in [-0.25, -0.2) is 8.42 Å². The van der Waals surface area contributed by atoms with Crippen LogP contribution in [-0.2, 0) is 16.4 Å². The number of hydrogen-bond donors (Lipinski definition) is 2. The number of benzene rings is 2. The van der Waals surface area contributed by atoms with Gasteiger partial charge in [-0.1, -0.05) is 26.6 Å². The van der Waals surface area contributed by atoms with Crippen LogP contribution < -0.4 is 14.8 Å². The van der Waals surface area contributed by atoms with Gasteiger partial charge < -0.3 is 14.5 Å². The molecule has 3 aromatic rings. The summed E-state index contributed by atoms with van der Waals surface area (Å²) in [6, 6.07) is 11.4. The number of anilines is 1. The van der Waals surface area contributed by atoms with Gasteiger partial charge in [0.2, 0.25) is 10.0 Å². The molecule has 0 unspecified atom stereocenters. The largest absolute Gasteiger partial charge is 0.494 e. The molecule has 36 heavy (non-hydrogen) atoms. The van der Waals surface area contributed by atoms with Crippen molar-refractivity contribution in [3.05, 3.63) is 59.4 Å². The SMILES string of the molecule is Cl.[2H]C([2H])([2H])C([2H])([2H])C([2H])([2H])CNCCCOc1ccc(C(=O)c2c(CCCC)oc3ccc(NS(C)(=O)=O)cc23)cc1. The molecule has 2 aromatic carbocycles. The minimum atomic E-state index is -3.51. The van der Waals surface area contributed by atoms with Crippen molar-refractivity contribution in [2.45, 2.75) is 52.2 Å². The zero-order valence-electron chi connectivity index (χ0n) is 27.3. The van der Waals surface area contributed by atoms with Crippen LogP contribution in [-0.4, -0.2) is 40.2 Å². The van der Waals surface area contributed by atoms with Gasteiger partial charge in [-0.15, -0.1) is 12.4 Å². The number of nitrogens with one attached hydrogen (secondary N) is 2. The molecule has 198 valence electrons. The van der Waals surface area contributed by atoms with E-state index in [1.807, 2.05) is 6.92 Å². The highest BCUT2D eigenvalue weighted by atomic mass is 35.5. The zero-order chi connectivity index (χ0) is 31.3. The summed E-state index contributed by atoms with van der Waals surface area (Å²) < 4.78 is 90.2. The number of sulfonamides is 1. The summed E-state index contributed by atoms with van der Waals surface area (Å²) in [5.74, 6) is 0.777. The van der Waals surface area contributed by atoms with Crippen molar-refractivity contribution in [3.8, 4) is 5.75 Å². The molecule has 0 aliphatic rings. The fraction of sp³-hybridized carbons (Fsp3) is 0.444. The van der Waals surface area contributed by atoms with E-state index in [2.05, 4.69) is 10.0 Å². The van der Waals surface area contributed by atoms with Crippen molar-refractivity contribution < 1.29 is 32.0 Å². The van der Waals surface area contributed by atoms with Crippen molar-refractivity contribution >= 4 is 44.9 Å². The van der Waals surface area contributed by atoms with E-state index < -0.39 is 36.2 Å². The first-order valence-corrected chi connectivity index (χ1v) is 13.4. The highest BCUT2D eigenvalue weighted by Gasteiger charge is 2.22. The van der Waals surface area contributed by atoms with Crippen LogP contribution in [0.3, 0.4) is 0 Å². The van der Waals surface area contributed by atoms with Crippen molar-refractivity contribution in [2.24, 2.45) is 0 Å². The van der Waals surface area contributed by atoms with E-state index in [9.17, 15) is 13.2 Å². The Bertz CT molecular complexity index is 1490. The van der Waals surface area contributed by atoms with Gasteiger partial charge in [0.15, 0.2) is 5.78 Å². The van der Waals surface area contributed by atoms with Crippen LogP contribution in [0.4, 0.5) is 5.69 Å². The van der Waals surface area contributed by atoms with E-state index >= 15 is 0 Å². The minimum Gasteiger partial charge on any atom is -0.494 e. The molecule has 2 N–H and O–H groups in total. The number of furan rings is 1. The lowest BCUT2D eigenvalue weighted by Crippen LogP contribution is -2.18. The van der Waals surface area contributed by atoms with Gasteiger partial charge in [-0.05, 0) is 74.8 Å². The molecular weight excluding hydrogens is 500 g/mol. The average Bonchev–Trinajstić information content (AvgIpc) is 3.25. The fourth-order valence-electron chi connectivity index (χ4n) is 3.62. The van der Waals surface area contributed by atoms with Gasteiger partial charge in [0.25, 0.3) is 0 Å². The molecule has 0 bridgehead atoms. The molecule has 0 aliphatic heterocycles. The summed E-state index contributed by atoms with van der Waals surface area (Å²) in [6.07, 6.45) is -1.83.